The Bertz CT molecular complexity index is 669. The summed E-state index contributed by atoms with van der Waals surface area (Å²) in [6, 6.07) is 3.24. The lowest BCUT2D eigenvalue weighted by molar-refractivity contribution is 0.0938. The Kier molecular flexibility index (Phi) is 5.95. The molecule has 2 N–H and O–H groups in total. The van der Waals surface area contributed by atoms with E-state index in [1.807, 2.05) is 0 Å². The lowest BCUT2D eigenvalue weighted by atomic mass is 10.3. The molecule has 0 radical (unpaired) electrons. The van der Waals surface area contributed by atoms with E-state index in [2.05, 4.69) is 22.1 Å². The second kappa shape index (κ2) is 7.94. The summed E-state index contributed by atoms with van der Waals surface area (Å²) in [4.78, 5) is 18.9. The average Bonchev–Trinajstić information content (AvgIpc) is 2.88. The number of rotatable bonds is 8. The summed E-state index contributed by atoms with van der Waals surface area (Å²) in [6.07, 6.45) is 1.72. The van der Waals surface area contributed by atoms with Crippen molar-refractivity contribution in [3.8, 4) is 5.75 Å². The number of pyridine rings is 1. The largest absolute Gasteiger partial charge is 0.504 e. The lowest BCUT2D eigenvalue weighted by Crippen LogP contribution is -2.37. The van der Waals surface area contributed by atoms with Gasteiger partial charge in [0.25, 0.3) is 5.91 Å². The van der Waals surface area contributed by atoms with Gasteiger partial charge in [-0.05, 0) is 25.6 Å². The van der Waals surface area contributed by atoms with E-state index in [4.69, 9.17) is 4.74 Å². The van der Waals surface area contributed by atoms with Crippen LogP contribution in [0.5, 0.6) is 5.75 Å². The fourth-order valence-corrected chi connectivity index (χ4v) is 2.50. The van der Waals surface area contributed by atoms with Crippen LogP contribution in [0.25, 0.3) is 5.65 Å². The van der Waals surface area contributed by atoms with Crippen LogP contribution in [0.3, 0.4) is 0 Å². The molecule has 2 rings (SSSR count). The monoisotopic (exact) mass is 320 g/mol. The Morgan fingerprint density at radius 1 is 1.48 bits per heavy atom. The summed E-state index contributed by atoms with van der Waals surface area (Å²) >= 11 is 0. The van der Waals surface area contributed by atoms with Crippen LogP contribution in [-0.4, -0.2) is 65.2 Å². The molecule has 23 heavy (non-hydrogen) atoms. The topological polar surface area (TPSA) is 79.1 Å². The van der Waals surface area contributed by atoms with Crippen LogP contribution in [0, 0.1) is 6.92 Å². The predicted octanol–water partition coefficient (Wildman–Crippen LogP) is 1.05. The smallest absolute Gasteiger partial charge is 0.270 e. The lowest BCUT2D eigenvalue weighted by Gasteiger charge is -2.19. The number of fused-ring (bicyclic) bond motifs is 1. The van der Waals surface area contributed by atoms with Crippen molar-refractivity contribution in [2.45, 2.75) is 13.8 Å². The Labute approximate surface area is 135 Å². The fraction of sp³-hybridized carbons (Fsp3) is 0.500. The van der Waals surface area contributed by atoms with Gasteiger partial charge in [0.05, 0.1) is 12.3 Å². The average molecular weight is 320 g/mol. The van der Waals surface area contributed by atoms with Crippen molar-refractivity contribution in [2.24, 2.45) is 0 Å². The zero-order valence-electron chi connectivity index (χ0n) is 13.9. The highest BCUT2D eigenvalue weighted by Gasteiger charge is 2.17. The van der Waals surface area contributed by atoms with E-state index in [9.17, 15) is 9.90 Å². The Hall–Kier alpha value is -2.12. The molecule has 1 amide bonds. The molecule has 0 bridgehead atoms. The van der Waals surface area contributed by atoms with E-state index in [1.165, 1.54) is 0 Å². The van der Waals surface area contributed by atoms with E-state index in [-0.39, 0.29) is 11.7 Å². The Morgan fingerprint density at radius 3 is 2.96 bits per heavy atom. The quantitative estimate of drug-likeness (QED) is 0.760. The summed E-state index contributed by atoms with van der Waals surface area (Å²) < 4.78 is 6.68. The first kappa shape index (κ1) is 17.2. The number of aryl methyl sites for hydroxylation is 1. The normalized spacial score (nSPS) is 11.3. The van der Waals surface area contributed by atoms with Gasteiger partial charge in [0.2, 0.25) is 0 Å². The maximum absolute atomic E-state index is 12.4. The Morgan fingerprint density at radius 2 is 2.26 bits per heavy atom. The Balaban J connectivity index is 2.01. The molecule has 0 spiro atoms. The molecular weight excluding hydrogens is 296 g/mol. The number of methoxy groups -OCH3 is 1. The molecule has 2 aromatic rings. The van der Waals surface area contributed by atoms with Crippen molar-refractivity contribution >= 4 is 11.6 Å². The number of carbonyl (C=O) groups is 1. The number of hydrogen-bond donors (Lipinski definition) is 2. The highest BCUT2D eigenvalue weighted by Crippen LogP contribution is 2.20. The minimum Gasteiger partial charge on any atom is -0.504 e. The zero-order chi connectivity index (χ0) is 16.8. The molecule has 0 fully saturated rings. The standard InChI is InChI=1S/C16H24N4O3/c1-4-19(10-11-23-3)9-7-17-16(22)14-12(2)18-15-13(21)6-5-8-20(14)15/h5-6,8,21H,4,7,9-11H2,1-3H3,(H,17,22). The number of imidazole rings is 1. The minimum atomic E-state index is -0.191. The first-order chi connectivity index (χ1) is 11.1. The van der Waals surface area contributed by atoms with Crippen LogP contribution in [0.4, 0.5) is 0 Å². The van der Waals surface area contributed by atoms with Gasteiger partial charge in [-0.2, -0.15) is 0 Å². The number of amides is 1. The molecule has 0 unspecified atom stereocenters. The number of likely N-dealkylation sites (N-methyl/N-ethyl adjacent to an activating group) is 1. The molecule has 7 heteroatoms. The van der Waals surface area contributed by atoms with Gasteiger partial charge in [-0.25, -0.2) is 4.98 Å². The van der Waals surface area contributed by atoms with Crippen molar-refractivity contribution in [2.75, 3.05) is 39.9 Å². The van der Waals surface area contributed by atoms with E-state index in [1.54, 1.807) is 36.8 Å². The van der Waals surface area contributed by atoms with Crippen molar-refractivity contribution in [3.63, 3.8) is 0 Å². The summed E-state index contributed by atoms with van der Waals surface area (Å²) in [6.45, 7) is 7.56. The molecular formula is C16H24N4O3. The summed E-state index contributed by atoms with van der Waals surface area (Å²) in [5.41, 5.74) is 1.44. The van der Waals surface area contributed by atoms with Crippen molar-refractivity contribution in [3.05, 3.63) is 29.7 Å². The van der Waals surface area contributed by atoms with Crippen LogP contribution in [0.1, 0.15) is 23.1 Å². The van der Waals surface area contributed by atoms with Crippen LogP contribution in [0.2, 0.25) is 0 Å². The van der Waals surface area contributed by atoms with Crippen LogP contribution in [-0.2, 0) is 4.74 Å². The first-order valence-corrected chi connectivity index (χ1v) is 7.74. The maximum atomic E-state index is 12.4. The van der Waals surface area contributed by atoms with Gasteiger partial charge in [0, 0.05) is 32.9 Å². The molecule has 7 nitrogen and oxygen atoms in total. The van der Waals surface area contributed by atoms with Gasteiger partial charge in [0.15, 0.2) is 11.4 Å². The molecule has 0 atom stereocenters. The van der Waals surface area contributed by atoms with Gasteiger partial charge >= 0.3 is 0 Å². The fourth-order valence-electron chi connectivity index (χ4n) is 2.50. The second-order valence-corrected chi connectivity index (χ2v) is 5.32. The summed E-state index contributed by atoms with van der Waals surface area (Å²) in [7, 11) is 1.68. The third kappa shape index (κ3) is 4.00. The molecule has 0 aliphatic heterocycles. The number of ether oxygens (including phenoxy) is 1. The minimum absolute atomic E-state index is 0.0615. The third-order valence-electron chi connectivity index (χ3n) is 3.79. The van der Waals surface area contributed by atoms with E-state index in [0.29, 0.717) is 30.2 Å². The van der Waals surface area contributed by atoms with Gasteiger partial charge in [-0.3, -0.25) is 14.1 Å². The summed E-state index contributed by atoms with van der Waals surface area (Å²) in [5, 5.41) is 12.7. The number of aromatic hydroxyl groups is 1. The van der Waals surface area contributed by atoms with E-state index in [0.717, 1.165) is 19.6 Å². The number of nitrogens with one attached hydrogen (secondary N) is 1. The molecule has 0 aromatic carbocycles. The van der Waals surface area contributed by atoms with Gasteiger partial charge in [-0.1, -0.05) is 6.92 Å². The predicted molar refractivity (Wildman–Crippen MR) is 87.9 cm³/mol. The van der Waals surface area contributed by atoms with Crippen molar-refractivity contribution < 1.29 is 14.6 Å². The number of nitrogens with zero attached hydrogens (tertiary/aromatic N) is 3. The molecule has 0 saturated carbocycles. The molecule has 126 valence electrons. The van der Waals surface area contributed by atoms with Gasteiger partial charge in [-0.15, -0.1) is 0 Å². The number of carbonyl (C=O) groups excluding carboxylic acids is 1. The van der Waals surface area contributed by atoms with Crippen LogP contribution in [0.15, 0.2) is 18.3 Å². The number of aromatic nitrogens is 2. The molecule has 0 aliphatic rings. The van der Waals surface area contributed by atoms with Crippen molar-refractivity contribution in [1.29, 1.82) is 0 Å². The molecule has 0 aliphatic carbocycles. The highest BCUT2D eigenvalue weighted by atomic mass is 16.5. The van der Waals surface area contributed by atoms with E-state index >= 15 is 0 Å². The van der Waals surface area contributed by atoms with Crippen molar-refractivity contribution in [1.82, 2.24) is 19.6 Å². The second-order valence-electron chi connectivity index (χ2n) is 5.32. The molecule has 2 aromatic heterocycles. The van der Waals surface area contributed by atoms with E-state index < -0.39 is 0 Å². The molecule has 0 saturated heterocycles. The molecule has 2 heterocycles. The van der Waals surface area contributed by atoms with Gasteiger partial charge in [0.1, 0.15) is 5.69 Å². The third-order valence-corrected chi connectivity index (χ3v) is 3.79. The van der Waals surface area contributed by atoms with Crippen LogP contribution >= 0.6 is 0 Å². The number of hydrogen-bond acceptors (Lipinski definition) is 5. The SMILES string of the molecule is CCN(CCNC(=O)c1c(C)nc2c(O)cccn12)CCOC. The zero-order valence-corrected chi connectivity index (χ0v) is 13.9. The highest BCUT2D eigenvalue weighted by molar-refractivity contribution is 5.94. The maximum Gasteiger partial charge on any atom is 0.270 e. The van der Waals surface area contributed by atoms with Crippen LogP contribution < -0.4 is 5.32 Å². The van der Waals surface area contributed by atoms with Gasteiger partial charge < -0.3 is 15.2 Å². The summed E-state index contributed by atoms with van der Waals surface area (Å²) in [5.74, 6) is -0.130. The first-order valence-electron chi connectivity index (χ1n) is 7.74.